The van der Waals surface area contributed by atoms with Crippen LogP contribution in [0.5, 0.6) is 0 Å². The summed E-state index contributed by atoms with van der Waals surface area (Å²) in [7, 11) is 0. The lowest BCUT2D eigenvalue weighted by Crippen LogP contribution is -2.37. The second-order valence-corrected chi connectivity index (χ2v) is 3.64. The molecule has 2 atom stereocenters. The molecular weight excluding hydrogens is 122 g/mol. The Labute approximate surface area is 62.5 Å². The fourth-order valence-corrected chi connectivity index (χ4v) is 2.11. The van der Waals surface area contributed by atoms with Crippen molar-refractivity contribution in [2.45, 2.75) is 38.6 Å². The summed E-state index contributed by atoms with van der Waals surface area (Å²) in [4.78, 5) is 0. The van der Waals surface area contributed by atoms with Crippen molar-refractivity contribution in [1.29, 1.82) is 0 Å². The molecule has 0 spiro atoms. The van der Waals surface area contributed by atoms with E-state index in [9.17, 15) is 0 Å². The molecule has 1 heteroatoms. The maximum Gasteiger partial charge on any atom is 0.0263 e. The van der Waals surface area contributed by atoms with E-state index in [-0.39, 0.29) is 0 Å². The van der Waals surface area contributed by atoms with E-state index in [1.165, 1.54) is 31.4 Å². The van der Waals surface area contributed by atoms with E-state index in [1.807, 2.05) is 0 Å². The highest BCUT2D eigenvalue weighted by molar-refractivity contribution is 5.10. The molecule has 2 aliphatic heterocycles. The lowest BCUT2D eigenvalue weighted by Gasteiger charge is -2.33. The molecular formula is C9H15N. The van der Waals surface area contributed by atoms with Crippen molar-refractivity contribution in [2.75, 3.05) is 0 Å². The van der Waals surface area contributed by atoms with E-state index in [0.717, 1.165) is 12.0 Å². The Bertz CT molecular complexity index is 160. The summed E-state index contributed by atoms with van der Waals surface area (Å²) >= 11 is 0. The largest absolute Gasteiger partial charge is 0.386 e. The zero-order chi connectivity index (χ0) is 6.97. The average molecular weight is 137 g/mol. The van der Waals surface area contributed by atoms with Gasteiger partial charge in [0.15, 0.2) is 0 Å². The molecule has 1 fully saturated rings. The van der Waals surface area contributed by atoms with E-state index < -0.39 is 0 Å². The summed E-state index contributed by atoms with van der Waals surface area (Å²) < 4.78 is 0. The standard InChI is InChI=1S/C9H15N/c1-7-5-8-3-2-4-9(6-7)10-8/h5,7,9-10H,2-4,6H2,1H3. The highest BCUT2D eigenvalue weighted by Crippen LogP contribution is 2.26. The number of allylic oxidation sites excluding steroid dienone is 2. The van der Waals surface area contributed by atoms with Gasteiger partial charge in [-0.15, -0.1) is 0 Å². The fraction of sp³-hybridized carbons (Fsp3) is 0.778. The summed E-state index contributed by atoms with van der Waals surface area (Å²) in [5.74, 6) is 0.821. The summed E-state index contributed by atoms with van der Waals surface area (Å²) in [6.07, 6.45) is 7.83. The van der Waals surface area contributed by atoms with Gasteiger partial charge in [-0.2, -0.15) is 0 Å². The van der Waals surface area contributed by atoms with Crippen LogP contribution in [-0.4, -0.2) is 6.04 Å². The highest BCUT2D eigenvalue weighted by Gasteiger charge is 2.21. The molecule has 1 N–H and O–H groups in total. The van der Waals surface area contributed by atoms with Crippen LogP contribution in [-0.2, 0) is 0 Å². The molecule has 0 radical (unpaired) electrons. The molecule has 1 nitrogen and oxygen atoms in total. The zero-order valence-corrected chi connectivity index (χ0v) is 6.56. The Morgan fingerprint density at radius 3 is 3.30 bits per heavy atom. The van der Waals surface area contributed by atoms with Gasteiger partial charge < -0.3 is 5.32 Å². The summed E-state index contributed by atoms with van der Waals surface area (Å²) in [6, 6.07) is 0.809. The van der Waals surface area contributed by atoms with Crippen LogP contribution in [0.3, 0.4) is 0 Å². The molecule has 2 heterocycles. The molecule has 2 aliphatic rings. The van der Waals surface area contributed by atoms with E-state index in [0.29, 0.717) is 0 Å². The summed E-state index contributed by atoms with van der Waals surface area (Å²) in [6.45, 7) is 2.32. The van der Waals surface area contributed by atoms with Gasteiger partial charge in [0.05, 0.1) is 0 Å². The van der Waals surface area contributed by atoms with E-state index in [2.05, 4.69) is 18.3 Å². The van der Waals surface area contributed by atoms with Crippen LogP contribution in [0.2, 0.25) is 0 Å². The van der Waals surface area contributed by atoms with Crippen molar-refractivity contribution in [3.05, 3.63) is 11.8 Å². The van der Waals surface area contributed by atoms with Gasteiger partial charge in [-0.25, -0.2) is 0 Å². The smallest absolute Gasteiger partial charge is 0.0263 e. The Balaban J connectivity index is 2.15. The third-order valence-corrected chi connectivity index (χ3v) is 2.53. The average Bonchev–Trinajstić information content (AvgIpc) is 1.85. The molecule has 56 valence electrons. The molecule has 2 bridgehead atoms. The van der Waals surface area contributed by atoms with Gasteiger partial charge in [0.2, 0.25) is 0 Å². The van der Waals surface area contributed by atoms with Gasteiger partial charge in [-0.1, -0.05) is 13.0 Å². The molecule has 0 aromatic heterocycles. The quantitative estimate of drug-likeness (QED) is 0.539. The number of nitrogens with one attached hydrogen (secondary N) is 1. The Hall–Kier alpha value is -0.460. The summed E-state index contributed by atoms with van der Waals surface area (Å²) in [5.41, 5.74) is 1.51. The number of rotatable bonds is 0. The van der Waals surface area contributed by atoms with Crippen molar-refractivity contribution in [3.8, 4) is 0 Å². The first kappa shape index (κ1) is 6.26. The summed E-state index contributed by atoms with van der Waals surface area (Å²) in [5, 5.41) is 3.54. The second-order valence-electron chi connectivity index (χ2n) is 3.64. The fourth-order valence-electron chi connectivity index (χ4n) is 2.11. The van der Waals surface area contributed by atoms with Crippen molar-refractivity contribution in [3.63, 3.8) is 0 Å². The van der Waals surface area contributed by atoms with Gasteiger partial charge in [0, 0.05) is 11.7 Å². The SMILES string of the molecule is CC1C=C2CCCC(C1)N2. The number of piperidine rings is 1. The molecule has 0 saturated carbocycles. The predicted molar refractivity (Wildman–Crippen MR) is 42.6 cm³/mol. The van der Waals surface area contributed by atoms with Crippen LogP contribution >= 0.6 is 0 Å². The third-order valence-electron chi connectivity index (χ3n) is 2.53. The molecule has 0 aliphatic carbocycles. The van der Waals surface area contributed by atoms with Gasteiger partial charge in [-0.3, -0.25) is 0 Å². The second kappa shape index (κ2) is 2.30. The van der Waals surface area contributed by atoms with Crippen molar-refractivity contribution in [2.24, 2.45) is 5.92 Å². The number of hydrogen-bond donors (Lipinski definition) is 1. The minimum absolute atomic E-state index is 0.809. The lowest BCUT2D eigenvalue weighted by atomic mass is 9.88. The highest BCUT2D eigenvalue weighted by atomic mass is 14.9. The van der Waals surface area contributed by atoms with Crippen molar-refractivity contribution in [1.82, 2.24) is 5.32 Å². The Kier molecular flexibility index (Phi) is 1.44. The van der Waals surface area contributed by atoms with Gasteiger partial charge in [0.1, 0.15) is 0 Å². The van der Waals surface area contributed by atoms with E-state index >= 15 is 0 Å². The molecule has 0 amide bonds. The number of hydrogen-bond acceptors (Lipinski definition) is 1. The van der Waals surface area contributed by atoms with Gasteiger partial charge in [-0.05, 0) is 31.6 Å². The normalized spacial score (nSPS) is 38.3. The Morgan fingerprint density at radius 1 is 1.60 bits per heavy atom. The van der Waals surface area contributed by atoms with Crippen LogP contribution in [0.15, 0.2) is 11.8 Å². The maximum absolute atomic E-state index is 3.54. The Morgan fingerprint density at radius 2 is 2.50 bits per heavy atom. The molecule has 0 aromatic carbocycles. The minimum Gasteiger partial charge on any atom is -0.386 e. The van der Waals surface area contributed by atoms with Crippen LogP contribution in [0, 0.1) is 5.92 Å². The number of fused-ring (bicyclic) bond motifs is 2. The molecule has 2 unspecified atom stereocenters. The van der Waals surface area contributed by atoms with Crippen LogP contribution in [0.1, 0.15) is 32.6 Å². The predicted octanol–water partition coefficient (Wildman–Crippen LogP) is 2.05. The molecule has 2 rings (SSSR count). The lowest BCUT2D eigenvalue weighted by molar-refractivity contribution is 0.365. The third kappa shape index (κ3) is 1.05. The topological polar surface area (TPSA) is 12.0 Å². The van der Waals surface area contributed by atoms with Gasteiger partial charge >= 0.3 is 0 Å². The first-order valence-corrected chi connectivity index (χ1v) is 4.32. The van der Waals surface area contributed by atoms with Gasteiger partial charge in [0.25, 0.3) is 0 Å². The van der Waals surface area contributed by atoms with Crippen LogP contribution in [0.4, 0.5) is 0 Å². The molecule has 10 heavy (non-hydrogen) atoms. The van der Waals surface area contributed by atoms with E-state index in [1.54, 1.807) is 0 Å². The molecule has 1 saturated heterocycles. The van der Waals surface area contributed by atoms with Crippen molar-refractivity contribution < 1.29 is 0 Å². The molecule has 0 aromatic rings. The van der Waals surface area contributed by atoms with Crippen molar-refractivity contribution >= 4 is 0 Å². The van der Waals surface area contributed by atoms with Crippen LogP contribution in [0.25, 0.3) is 0 Å². The zero-order valence-electron chi connectivity index (χ0n) is 6.56. The minimum atomic E-state index is 0.809. The monoisotopic (exact) mass is 137 g/mol. The van der Waals surface area contributed by atoms with Crippen LogP contribution < -0.4 is 5.32 Å². The van der Waals surface area contributed by atoms with E-state index in [4.69, 9.17) is 0 Å². The maximum atomic E-state index is 3.54. The first-order valence-electron chi connectivity index (χ1n) is 4.32. The first-order chi connectivity index (χ1) is 4.84.